The highest BCUT2D eigenvalue weighted by Crippen LogP contribution is 2.21. The molecule has 184 valence electrons. The van der Waals surface area contributed by atoms with E-state index in [2.05, 4.69) is 35.6 Å². The van der Waals surface area contributed by atoms with Crippen molar-refractivity contribution in [2.75, 3.05) is 32.7 Å². The summed E-state index contributed by atoms with van der Waals surface area (Å²) in [5.74, 6) is 1.35. The van der Waals surface area contributed by atoms with Crippen molar-refractivity contribution >= 4 is 36.0 Å². The number of likely N-dealkylation sites (tertiary alicyclic amines) is 1. The van der Waals surface area contributed by atoms with Crippen molar-refractivity contribution in [2.24, 2.45) is 10.9 Å². The van der Waals surface area contributed by atoms with E-state index < -0.39 is 5.60 Å². The van der Waals surface area contributed by atoms with Crippen LogP contribution in [-0.4, -0.2) is 65.1 Å². The highest BCUT2D eigenvalue weighted by atomic mass is 127. The summed E-state index contributed by atoms with van der Waals surface area (Å²) in [6, 6.07) is 2.10. The zero-order valence-corrected chi connectivity index (χ0v) is 23.1. The van der Waals surface area contributed by atoms with Crippen LogP contribution in [0.25, 0.3) is 0 Å². The molecule has 8 nitrogen and oxygen atoms in total. The van der Waals surface area contributed by atoms with Gasteiger partial charge in [-0.2, -0.15) is 5.10 Å². The summed E-state index contributed by atoms with van der Waals surface area (Å²) in [6.07, 6.45) is 3.95. The quantitative estimate of drug-likeness (QED) is 0.216. The zero-order valence-electron chi connectivity index (χ0n) is 20.7. The molecule has 1 aromatic heterocycles. The van der Waals surface area contributed by atoms with Crippen LogP contribution < -0.4 is 10.6 Å². The third-order valence-corrected chi connectivity index (χ3v) is 5.26. The number of aryl methyl sites for hydroxylation is 3. The van der Waals surface area contributed by atoms with Gasteiger partial charge in [-0.3, -0.25) is 9.67 Å². The van der Waals surface area contributed by atoms with Gasteiger partial charge in [0, 0.05) is 45.0 Å². The number of nitrogens with zero attached hydrogens (tertiary/aromatic N) is 4. The maximum atomic E-state index is 12.4. The van der Waals surface area contributed by atoms with Gasteiger partial charge in [0.2, 0.25) is 0 Å². The van der Waals surface area contributed by atoms with E-state index in [-0.39, 0.29) is 30.1 Å². The van der Waals surface area contributed by atoms with E-state index in [0.717, 1.165) is 76.6 Å². The smallest absolute Gasteiger partial charge is 0.410 e. The van der Waals surface area contributed by atoms with Crippen LogP contribution in [0.2, 0.25) is 0 Å². The van der Waals surface area contributed by atoms with E-state index in [9.17, 15) is 4.79 Å². The molecule has 9 heteroatoms. The Morgan fingerprint density at radius 2 is 2.06 bits per heavy atom. The van der Waals surface area contributed by atoms with Gasteiger partial charge in [0.05, 0.1) is 5.69 Å². The van der Waals surface area contributed by atoms with E-state index in [1.165, 1.54) is 5.69 Å². The average molecular weight is 563 g/mol. The number of rotatable bonds is 8. The standard InChI is InChI=1S/C23H42N6O2.HI/c1-7-24-21(25-12-9-15-29-19(3)16-18(2)27-29)26-13-11-20-10-8-14-28(17-20)22(30)31-23(4,5)6;/h16,20H,7-15,17H2,1-6H3,(H2,24,25,26);1H. The summed E-state index contributed by atoms with van der Waals surface area (Å²) in [5.41, 5.74) is 1.81. The average Bonchev–Trinajstić information content (AvgIpc) is 3.01. The largest absolute Gasteiger partial charge is 0.444 e. The lowest BCUT2D eigenvalue weighted by Crippen LogP contribution is -2.44. The van der Waals surface area contributed by atoms with E-state index in [4.69, 9.17) is 9.73 Å². The van der Waals surface area contributed by atoms with Gasteiger partial charge in [-0.15, -0.1) is 24.0 Å². The fourth-order valence-electron chi connectivity index (χ4n) is 3.84. The molecule has 0 spiro atoms. The molecule has 1 saturated heterocycles. The zero-order chi connectivity index (χ0) is 22.9. The van der Waals surface area contributed by atoms with Crippen molar-refractivity contribution in [3.05, 3.63) is 17.5 Å². The highest BCUT2D eigenvalue weighted by Gasteiger charge is 2.27. The molecular weight excluding hydrogens is 519 g/mol. The Morgan fingerprint density at radius 1 is 1.31 bits per heavy atom. The maximum Gasteiger partial charge on any atom is 0.410 e. The first kappa shape index (κ1) is 28.5. The van der Waals surface area contributed by atoms with Gasteiger partial charge in [-0.05, 0) is 79.2 Å². The lowest BCUT2D eigenvalue weighted by atomic mass is 9.95. The summed E-state index contributed by atoms with van der Waals surface area (Å²) in [4.78, 5) is 18.9. The monoisotopic (exact) mass is 562 g/mol. The number of piperidine rings is 1. The SMILES string of the molecule is CCNC(=NCCCn1nc(C)cc1C)NCCC1CCCN(C(=O)OC(C)(C)C)C1.I. The van der Waals surface area contributed by atoms with Crippen LogP contribution in [0.3, 0.4) is 0 Å². The lowest BCUT2D eigenvalue weighted by molar-refractivity contribution is 0.0162. The third-order valence-electron chi connectivity index (χ3n) is 5.26. The summed E-state index contributed by atoms with van der Waals surface area (Å²) >= 11 is 0. The minimum atomic E-state index is -0.447. The molecule has 0 aromatic carbocycles. The number of carbonyl (C=O) groups excluding carboxylic acids is 1. The molecule has 32 heavy (non-hydrogen) atoms. The molecule has 0 bridgehead atoms. The second-order valence-electron chi connectivity index (χ2n) is 9.41. The van der Waals surface area contributed by atoms with Crippen LogP contribution in [0.15, 0.2) is 11.1 Å². The number of hydrogen-bond donors (Lipinski definition) is 2. The second-order valence-corrected chi connectivity index (χ2v) is 9.41. The molecule has 1 amide bonds. The minimum absolute atomic E-state index is 0. The van der Waals surface area contributed by atoms with Crippen molar-refractivity contribution in [2.45, 2.75) is 79.4 Å². The Labute approximate surface area is 211 Å². The number of aromatic nitrogens is 2. The molecular formula is C23H43IN6O2. The first-order chi connectivity index (χ1) is 14.7. The Hall–Kier alpha value is -1.52. The predicted octanol–water partition coefficient (Wildman–Crippen LogP) is 4.10. The topological polar surface area (TPSA) is 83.8 Å². The molecule has 1 aliphatic rings. The predicted molar refractivity (Wildman–Crippen MR) is 141 cm³/mol. The number of aliphatic imine (C=N–C) groups is 1. The first-order valence-corrected chi connectivity index (χ1v) is 11.7. The molecule has 0 radical (unpaired) electrons. The first-order valence-electron chi connectivity index (χ1n) is 11.7. The Balaban J connectivity index is 0.00000512. The molecule has 1 fully saturated rings. The Kier molecular flexibility index (Phi) is 12.4. The summed E-state index contributed by atoms with van der Waals surface area (Å²) < 4.78 is 7.58. The number of halogens is 1. The number of ether oxygens (including phenoxy) is 1. The second kappa shape index (κ2) is 13.9. The van der Waals surface area contributed by atoms with Crippen LogP contribution in [-0.2, 0) is 11.3 Å². The molecule has 1 aromatic rings. The third kappa shape index (κ3) is 10.4. The lowest BCUT2D eigenvalue weighted by Gasteiger charge is -2.34. The van der Waals surface area contributed by atoms with Crippen molar-refractivity contribution in [1.29, 1.82) is 0 Å². The molecule has 1 aliphatic heterocycles. The molecule has 0 aliphatic carbocycles. The summed E-state index contributed by atoms with van der Waals surface area (Å²) in [7, 11) is 0. The number of hydrogen-bond acceptors (Lipinski definition) is 4. The van der Waals surface area contributed by atoms with Crippen LogP contribution in [0.1, 0.15) is 64.8 Å². The number of amides is 1. The summed E-state index contributed by atoms with van der Waals surface area (Å²) in [6.45, 7) is 16.8. The van der Waals surface area contributed by atoms with Gasteiger partial charge in [0.15, 0.2) is 5.96 Å². The molecule has 2 heterocycles. The van der Waals surface area contributed by atoms with Gasteiger partial charge in [-0.1, -0.05) is 0 Å². The highest BCUT2D eigenvalue weighted by molar-refractivity contribution is 14.0. The van der Waals surface area contributed by atoms with Gasteiger partial charge < -0.3 is 20.3 Å². The molecule has 2 N–H and O–H groups in total. The van der Waals surface area contributed by atoms with Crippen LogP contribution in [0.4, 0.5) is 4.79 Å². The number of guanidine groups is 1. The van der Waals surface area contributed by atoms with Crippen molar-refractivity contribution in [1.82, 2.24) is 25.3 Å². The van der Waals surface area contributed by atoms with E-state index in [1.54, 1.807) is 0 Å². The maximum absolute atomic E-state index is 12.4. The van der Waals surface area contributed by atoms with Crippen molar-refractivity contribution in [3.8, 4) is 0 Å². The van der Waals surface area contributed by atoms with Gasteiger partial charge in [0.1, 0.15) is 5.60 Å². The van der Waals surface area contributed by atoms with Crippen molar-refractivity contribution < 1.29 is 9.53 Å². The normalized spacial score (nSPS) is 17.0. The minimum Gasteiger partial charge on any atom is -0.444 e. The molecule has 1 atom stereocenters. The van der Waals surface area contributed by atoms with E-state index in [1.807, 2.05) is 37.3 Å². The fraction of sp³-hybridized carbons (Fsp3) is 0.783. The van der Waals surface area contributed by atoms with Gasteiger partial charge >= 0.3 is 6.09 Å². The molecule has 2 rings (SSSR count). The Bertz CT molecular complexity index is 729. The van der Waals surface area contributed by atoms with Crippen LogP contribution >= 0.6 is 24.0 Å². The van der Waals surface area contributed by atoms with Gasteiger partial charge in [-0.25, -0.2) is 4.79 Å². The van der Waals surface area contributed by atoms with E-state index in [0.29, 0.717) is 5.92 Å². The number of carbonyl (C=O) groups is 1. The van der Waals surface area contributed by atoms with Crippen LogP contribution in [0.5, 0.6) is 0 Å². The summed E-state index contributed by atoms with van der Waals surface area (Å²) in [5, 5.41) is 11.3. The molecule has 0 saturated carbocycles. The van der Waals surface area contributed by atoms with Crippen LogP contribution in [0, 0.1) is 19.8 Å². The van der Waals surface area contributed by atoms with Crippen molar-refractivity contribution in [3.63, 3.8) is 0 Å². The fourth-order valence-corrected chi connectivity index (χ4v) is 3.84. The number of nitrogens with one attached hydrogen (secondary N) is 2. The Morgan fingerprint density at radius 3 is 2.69 bits per heavy atom. The molecule has 1 unspecified atom stereocenters. The van der Waals surface area contributed by atoms with E-state index >= 15 is 0 Å². The van der Waals surface area contributed by atoms with Gasteiger partial charge in [0.25, 0.3) is 0 Å².